The first-order valence-corrected chi connectivity index (χ1v) is 10.2. The van der Waals surface area contributed by atoms with Crippen LogP contribution in [0.25, 0.3) is 22.5 Å². The van der Waals surface area contributed by atoms with Crippen LogP contribution in [0.3, 0.4) is 0 Å². The third-order valence-electron chi connectivity index (χ3n) is 5.40. The zero-order chi connectivity index (χ0) is 23.7. The normalized spacial score (nSPS) is 10.8. The van der Waals surface area contributed by atoms with Gasteiger partial charge in [-0.3, -0.25) is 9.48 Å². The molecule has 9 heteroatoms. The highest BCUT2D eigenvalue weighted by Gasteiger charge is 2.18. The zero-order valence-electron chi connectivity index (χ0n) is 18.7. The van der Waals surface area contributed by atoms with Crippen LogP contribution in [-0.4, -0.2) is 32.8 Å². The maximum absolute atomic E-state index is 14.4. The van der Waals surface area contributed by atoms with E-state index in [-0.39, 0.29) is 22.8 Å². The third kappa shape index (κ3) is 4.12. The SMILES string of the molecule is COc1cccc(F)c1-c1nccc(C(=O)Nc2ccc(-c3c(C)nn(C)c3C)cc2N)n1. The first kappa shape index (κ1) is 21.9. The van der Waals surface area contributed by atoms with Crippen molar-refractivity contribution < 1.29 is 13.9 Å². The summed E-state index contributed by atoms with van der Waals surface area (Å²) >= 11 is 0. The molecule has 0 bridgehead atoms. The number of amides is 1. The first-order chi connectivity index (χ1) is 15.8. The van der Waals surface area contributed by atoms with E-state index < -0.39 is 11.7 Å². The van der Waals surface area contributed by atoms with Crippen molar-refractivity contribution in [2.75, 3.05) is 18.2 Å². The van der Waals surface area contributed by atoms with Gasteiger partial charge in [-0.1, -0.05) is 12.1 Å². The van der Waals surface area contributed by atoms with Crippen molar-refractivity contribution in [3.63, 3.8) is 0 Å². The number of aromatic nitrogens is 4. The Kier molecular flexibility index (Phi) is 5.78. The van der Waals surface area contributed by atoms with Gasteiger partial charge < -0.3 is 15.8 Å². The van der Waals surface area contributed by atoms with Gasteiger partial charge in [0.05, 0.1) is 29.7 Å². The number of carbonyl (C=O) groups excluding carboxylic acids is 1. The number of nitrogens with zero attached hydrogens (tertiary/aromatic N) is 4. The van der Waals surface area contributed by atoms with Gasteiger partial charge in [-0.05, 0) is 49.7 Å². The number of aryl methyl sites for hydroxylation is 2. The van der Waals surface area contributed by atoms with Crippen molar-refractivity contribution in [3.05, 3.63) is 71.6 Å². The predicted octanol–water partition coefficient (Wildman–Crippen LogP) is 4.14. The summed E-state index contributed by atoms with van der Waals surface area (Å²) < 4.78 is 21.4. The second-order valence-corrected chi connectivity index (χ2v) is 7.51. The van der Waals surface area contributed by atoms with Crippen LogP contribution in [0.2, 0.25) is 0 Å². The van der Waals surface area contributed by atoms with Gasteiger partial charge in [-0.15, -0.1) is 0 Å². The Morgan fingerprint density at radius 2 is 1.94 bits per heavy atom. The summed E-state index contributed by atoms with van der Waals surface area (Å²) in [6.45, 7) is 3.92. The molecule has 4 aromatic rings. The molecule has 0 saturated heterocycles. The second-order valence-electron chi connectivity index (χ2n) is 7.51. The van der Waals surface area contributed by atoms with Gasteiger partial charge in [0.15, 0.2) is 5.82 Å². The topological polar surface area (TPSA) is 108 Å². The Balaban J connectivity index is 1.62. The number of carbonyl (C=O) groups is 1. The van der Waals surface area contributed by atoms with E-state index in [1.807, 2.05) is 31.6 Å². The number of nitrogen functional groups attached to an aromatic ring is 1. The lowest BCUT2D eigenvalue weighted by Gasteiger charge is -2.12. The molecule has 0 radical (unpaired) electrons. The minimum absolute atomic E-state index is 0.0449. The molecule has 0 fully saturated rings. The van der Waals surface area contributed by atoms with Crippen LogP contribution in [0, 0.1) is 19.7 Å². The Morgan fingerprint density at radius 3 is 2.61 bits per heavy atom. The summed E-state index contributed by atoms with van der Waals surface area (Å²) in [5.74, 6) is -0.730. The molecule has 0 aliphatic heterocycles. The van der Waals surface area contributed by atoms with Gasteiger partial charge in [-0.25, -0.2) is 14.4 Å². The van der Waals surface area contributed by atoms with Crippen molar-refractivity contribution in [2.45, 2.75) is 13.8 Å². The van der Waals surface area contributed by atoms with Crippen LogP contribution in [0.5, 0.6) is 5.75 Å². The summed E-state index contributed by atoms with van der Waals surface area (Å²) in [5.41, 5.74) is 11.0. The number of ether oxygens (including phenoxy) is 1. The molecule has 0 atom stereocenters. The first-order valence-electron chi connectivity index (χ1n) is 10.2. The maximum atomic E-state index is 14.4. The number of anilines is 2. The highest BCUT2D eigenvalue weighted by atomic mass is 19.1. The number of methoxy groups -OCH3 is 1. The highest BCUT2D eigenvalue weighted by Crippen LogP contribution is 2.32. The fraction of sp³-hybridized carbons (Fsp3) is 0.167. The van der Waals surface area contributed by atoms with Crippen molar-refractivity contribution in [3.8, 4) is 28.3 Å². The average molecular weight is 446 g/mol. The third-order valence-corrected chi connectivity index (χ3v) is 5.40. The van der Waals surface area contributed by atoms with Gasteiger partial charge in [0, 0.05) is 24.5 Å². The number of hydrogen-bond donors (Lipinski definition) is 2. The lowest BCUT2D eigenvalue weighted by Crippen LogP contribution is -2.15. The number of nitrogens with two attached hydrogens (primary N) is 1. The molecule has 4 rings (SSSR count). The summed E-state index contributed by atoms with van der Waals surface area (Å²) in [6.07, 6.45) is 1.39. The quantitative estimate of drug-likeness (QED) is 0.446. The molecule has 0 unspecified atom stereocenters. The minimum Gasteiger partial charge on any atom is -0.496 e. The minimum atomic E-state index is -0.548. The van der Waals surface area contributed by atoms with Crippen molar-refractivity contribution in [2.24, 2.45) is 7.05 Å². The molecule has 1 amide bonds. The molecule has 0 aliphatic rings. The number of rotatable bonds is 5. The summed E-state index contributed by atoms with van der Waals surface area (Å²) in [4.78, 5) is 21.2. The molecule has 168 valence electrons. The molecule has 0 saturated carbocycles. The Bertz CT molecular complexity index is 1370. The standard InChI is InChI=1S/C24H23FN6O2/c1-13-21(14(2)31(3)30-13)15-8-9-18(17(26)12-15)29-24(32)19-10-11-27-23(28-19)22-16(25)6-5-7-20(22)33-4/h5-12H,26H2,1-4H3,(H,29,32). The predicted molar refractivity (Wildman–Crippen MR) is 124 cm³/mol. The molecule has 3 N–H and O–H groups in total. The highest BCUT2D eigenvalue weighted by molar-refractivity contribution is 6.05. The largest absolute Gasteiger partial charge is 0.496 e. The molecule has 0 aliphatic carbocycles. The van der Waals surface area contributed by atoms with Gasteiger partial charge in [0.25, 0.3) is 5.91 Å². The van der Waals surface area contributed by atoms with E-state index in [0.29, 0.717) is 11.4 Å². The van der Waals surface area contributed by atoms with E-state index in [1.54, 1.807) is 18.2 Å². The van der Waals surface area contributed by atoms with Crippen LogP contribution in [0.4, 0.5) is 15.8 Å². The van der Waals surface area contributed by atoms with Crippen LogP contribution >= 0.6 is 0 Å². The number of nitrogens with one attached hydrogen (secondary N) is 1. The Morgan fingerprint density at radius 1 is 1.15 bits per heavy atom. The van der Waals surface area contributed by atoms with Gasteiger partial charge >= 0.3 is 0 Å². The Labute approximate surface area is 190 Å². The molecule has 8 nitrogen and oxygen atoms in total. The Hall–Kier alpha value is -4.27. The van der Waals surface area contributed by atoms with Crippen molar-refractivity contribution >= 4 is 17.3 Å². The average Bonchev–Trinajstić information content (AvgIpc) is 3.06. The van der Waals surface area contributed by atoms with Gasteiger partial charge in [0.2, 0.25) is 0 Å². The van der Waals surface area contributed by atoms with E-state index in [4.69, 9.17) is 10.5 Å². The zero-order valence-corrected chi connectivity index (χ0v) is 18.7. The lowest BCUT2D eigenvalue weighted by atomic mass is 10.0. The maximum Gasteiger partial charge on any atom is 0.274 e. The molecular formula is C24H23FN6O2. The van der Waals surface area contributed by atoms with Crippen LogP contribution in [0.1, 0.15) is 21.9 Å². The van der Waals surface area contributed by atoms with E-state index in [9.17, 15) is 9.18 Å². The number of halogens is 1. The second kappa shape index (κ2) is 8.70. The molecule has 2 aromatic carbocycles. The summed E-state index contributed by atoms with van der Waals surface area (Å²) in [6, 6.07) is 11.2. The van der Waals surface area contributed by atoms with E-state index in [0.717, 1.165) is 22.5 Å². The van der Waals surface area contributed by atoms with E-state index >= 15 is 0 Å². The molecular weight excluding hydrogens is 423 g/mol. The monoisotopic (exact) mass is 446 g/mol. The van der Waals surface area contributed by atoms with E-state index in [1.165, 1.54) is 31.5 Å². The fourth-order valence-electron chi connectivity index (χ4n) is 3.71. The van der Waals surface area contributed by atoms with Crippen molar-refractivity contribution in [1.29, 1.82) is 0 Å². The molecule has 2 heterocycles. The molecule has 0 spiro atoms. The number of hydrogen-bond acceptors (Lipinski definition) is 6. The van der Waals surface area contributed by atoms with Gasteiger partial charge in [-0.2, -0.15) is 5.10 Å². The van der Waals surface area contributed by atoms with Crippen molar-refractivity contribution in [1.82, 2.24) is 19.7 Å². The fourth-order valence-corrected chi connectivity index (χ4v) is 3.71. The smallest absolute Gasteiger partial charge is 0.274 e. The molecule has 2 aromatic heterocycles. The molecule has 33 heavy (non-hydrogen) atoms. The van der Waals surface area contributed by atoms with E-state index in [2.05, 4.69) is 20.4 Å². The number of benzene rings is 2. The summed E-state index contributed by atoms with van der Waals surface area (Å²) in [7, 11) is 3.31. The van der Waals surface area contributed by atoms with Crippen LogP contribution < -0.4 is 15.8 Å². The van der Waals surface area contributed by atoms with Gasteiger partial charge in [0.1, 0.15) is 17.3 Å². The van der Waals surface area contributed by atoms with Crippen LogP contribution in [-0.2, 0) is 7.05 Å². The van der Waals surface area contributed by atoms with Crippen LogP contribution in [0.15, 0.2) is 48.7 Å². The summed E-state index contributed by atoms with van der Waals surface area (Å²) in [5, 5.41) is 7.20. The lowest BCUT2D eigenvalue weighted by molar-refractivity contribution is 0.102.